The van der Waals surface area contributed by atoms with Crippen molar-refractivity contribution in [2.24, 2.45) is 0 Å². The lowest BCUT2D eigenvalue weighted by Gasteiger charge is -2.06. The van der Waals surface area contributed by atoms with Gasteiger partial charge >= 0.3 is 0 Å². The quantitative estimate of drug-likeness (QED) is 0.789. The molecule has 0 saturated carbocycles. The average molecular weight is 287 g/mol. The molecular weight excluding hydrogens is 262 g/mol. The van der Waals surface area contributed by atoms with Gasteiger partial charge in [0.05, 0.1) is 6.54 Å². The van der Waals surface area contributed by atoms with Crippen LogP contribution in [0.3, 0.4) is 0 Å². The van der Waals surface area contributed by atoms with Crippen molar-refractivity contribution in [1.29, 1.82) is 0 Å². The van der Waals surface area contributed by atoms with Gasteiger partial charge in [-0.05, 0) is 43.7 Å². The van der Waals surface area contributed by atoms with Gasteiger partial charge in [0.25, 0.3) is 0 Å². The van der Waals surface area contributed by atoms with Crippen LogP contribution in [0.15, 0.2) is 34.7 Å². The Bertz CT molecular complexity index is 543. The summed E-state index contributed by atoms with van der Waals surface area (Å²) >= 11 is 0. The topological polar surface area (TPSA) is 34.4 Å². The summed E-state index contributed by atoms with van der Waals surface area (Å²) in [5, 5.41) is 3.26. The first-order chi connectivity index (χ1) is 10.2. The van der Waals surface area contributed by atoms with Crippen molar-refractivity contribution < 1.29 is 9.15 Å². The summed E-state index contributed by atoms with van der Waals surface area (Å²) in [4.78, 5) is 0. The van der Waals surface area contributed by atoms with Gasteiger partial charge in [-0.25, -0.2) is 0 Å². The molecule has 0 aliphatic heterocycles. The number of furan rings is 1. The van der Waals surface area contributed by atoms with E-state index in [1.54, 1.807) is 0 Å². The lowest BCUT2D eigenvalue weighted by atomic mass is 10.1. The fourth-order valence-corrected chi connectivity index (χ4v) is 2.27. The number of hydrogen-bond acceptors (Lipinski definition) is 3. The molecule has 0 aliphatic rings. The van der Waals surface area contributed by atoms with Crippen LogP contribution in [-0.2, 0) is 19.6 Å². The lowest BCUT2D eigenvalue weighted by molar-refractivity contribution is 0.303. The van der Waals surface area contributed by atoms with Crippen LogP contribution in [0, 0.1) is 6.92 Å². The minimum Gasteiger partial charge on any atom is -0.489 e. The molecular formula is C18H25NO2. The van der Waals surface area contributed by atoms with Crippen LogP contribution in [0.25, 0.3) is 0 Å². The summed E-state index contributed by atoms with van der Waals surface area (Å²) in [6, 6.07) is 10.4. The molecule has 1 heterocycles. The number of hydrogen-bond donors (Lipinski definition) is 1. The normalized spacial score (nSPS) is 10.8. The molecule has 0 unspecified atom stereocenters. The van der Waals surface area contributed by atoms with E-state index in [-0.39, 0.29) is 0 Å². The van der Waals surface area contributed by atoms with E-state index in [9.17, 15) is 0 Å². The molecule has 21 heavy (non-hydrogen) atoms. The van der Waals surface area contributed by atoms with Crippen LogP contribution in [0.5, 0.6) is 5.75 Å². The largest absolute Gasteiger partial charge is 0.489 e. The molecule has 1 N–H and O–H groups in total. The smallest absolute Gasteiger partial charge is 0.119 e. The summed E-state index contributed by atoms with van der Waals surface area (Å²) in [6.45, 7) is 8.52. The molecule has 2 rings (SSSR count). The second kappa shape index (κ2) is 7.89. The zero-order valence-corrected chi connectivity index (χ0v) is 13.2. The Labute approximate surface area is 127 Å². The van der Waals surface area contributed by atoms with E-state index in [0.29, 0.717) is 6.61 Å². The van der Waals surface area contributed by atoms with Gasteiger partial charge < -0.3 is 14.5 Å². The van der Waals surface area contributed by atoms with Crippen molar-refractivity contribution in [3.63, 3.8) is 0 Å². The fourth-order valence-electron chi connectivity index (χ4n) is 2.27. The van der Waals surface area contributed by atoms with Crippen LogP contribution in [0.1, 0.15) is 42.9 Å². The maximum atomic E-state index is 5.84. The Hall–Kier alpha value is -1.74. The van der Waals surface area contributed by atoms with Crippen molar-refractivity contribution in [3.05, 3.63) is 53.0 Å². The van der Waals surface area contributed by atoms with E-state index in [4.69, 9.17) is 9.15 Å². The highest BCUT2D eigenvalue weighted by Gasteiger charge is 2.08. The van der Waals surface area contributed by atoms with Crippen LogP contribution in [0.4, 0.5) is 0 Å². The first-order valence-corrected chi connectivity index (χ1v) is 7.73. The maximum Gasteiger partial charge on any atom is 0.119 e. The first kappa shape index (κ1) is 15.6. The number of aryl methyl sites for hydroxylation is 2. The number of ether oxygens (including phenoxy) is 1. The number of nitrogens with one attached hydrogen (secondary N) is 1. The highest BCUT2D eigenvalue weighted by Crippen LogP contribution is 2.19. The highest BCUT2D eigenvalue weighted by molar-refractivity contribution is 5.28. The third-order valence-electron chi connectivity index (χ3n) is 3.48. The average Bonchev–Trinajstić information content (AvgIpc) is 2.85. The van der Waals surface area contributed by atoms with E-state index in [0.717, 1.165) is 42.3 Å². The molecule has 114 valence electrons. The minimum absolute atomic E-state index is 0.550. The number of benzene rings is 1. The summed E-state index contributed by atoms with van der Waals surface area (Å²) < 4.78 is 11.6. The van der Waals surface area contributed by atoms with Crippen molar-refractivity contribution in [2.75, 3.05) is 6.54 Å². The maximum absolute atomic E-state index is 5.84. The molecule has 0 fully saturated rings. The molecule has 0 aliphatic carbocycles. The Kier molecular flexibility index (Phi) is 5.88. The van der Waals surface area contributed by atoms with Gasteiger partial charge in [-0.3, -0.25) is 0 Å². The molecule has 0 amide bonds. The predicted molar refractivity (Wildman–Crippen MR) is 85.6 cm³/mol. The molecule has 3 heteroatoms. The van der Waals surface area contributed by atoms with Gasteiger partial charge in [-0.15, -0.1) is 0 Å². The fraction of sp³-hybridized carbons (Fsp3) is 0.444. The third kappa shape index (κ3) is 4.64. The SMILES string of the molecule is CCCc1ccc(OCc2cc(CNCC)oc2C)cc1. The van der Waals surface area contributed by atoms with Crippen molar-refractivity contribution >= 4 is 0 Å². The van der Waals surface area contributed by atoms with Crippen molar-refractivity contribution in [2.45, 2.75) is 46.8 Å². The monoisotopic (exact) mass is 287 g/mol. The molecule has 1 aromatic carbocycles. The van der Waals surface area contributed by atoms with E-state index >= 15 is 0 Å². The lowest BCUT2D eigenvalue weighted by Crippen LogP contribution is -2.10. The van der Waals surface area contributed by atoms with Crippen LogP contribution < -0.4 is 10.1 Å². The Morgan fingerprint density at radius 3 is 2.57 bits per heavy atom. The molecule has 0 spiro atoms. The first-order valence-electron chi connectivity index (χ1n) is 7.73. The molecule has 0 bridgehead atoms. The highest BCUT2D eigenvalue weighted by atomic mass is 16.5. The van der Waals surface area contributed by atoms with Crippen LogP contribution in [-0.4, -0.2) is 6.54 Å². The zero-order valence-electron chi connectivity index (χ0n) is 13.2. The molecule has 3 nitrogen and oxygen atoms in total. The Morgan fingerprint density at radius 2 is 1.90 bits per heavy atom. The molecule has 1 aromatic heterocycles. The molecule has 2 aromatic rings. The van der Waals surface area contributed by atoms with Crippen molar-refractivity contribution in [3.8, 4) is 5.75 Å². The molecule has 0 radical (unpaired) electrons. The summed E-state index contributed by atoms with van der Waals surface area (Å²) in [6.07, 6.45) is 2.29. The Morgan fingerprint density at radius 1 is 1.14 bits per heavy atom. The second-order valence-electron chi connectivity index (χ2n) is 5.26. The van der Waals surface area contributed by atoms with Gasteiger partial charge in [-0.2, -0.15) is 0 Å². The van der Waals surface area contributed by atoms with Gasteiger partial charge in [0.2, 0.25) is 0 Å². The van der Waals surface area contributed by atoms with E-state index in [2.05, 4.69) is 37.4 Å². The zero-order chi connectivity index (χ0) is 15.1. The standard InChI is InChI=1S/C18H25NO2/c1-4-6-15-7-9-17(10-8-15)20-13-16-11-18(12-19-5-2)21-14(16)3/h7-11,19H,4-6,12-13H2,1-3H3. The summed E-state index contributed by atoms with van der Waals surface area (Å²) in [5.74, 6) is 2.81. The summed E-state index contributed by atoms with van der Waals surface area (Å²) in [5.41, 5.74) is 2.47. The van der Waals surface area contributed by atoms with E-state index < -0.39 is 0 Å². The van der Waals surface area contributed by atoms with Crippen LogP contribution >= 0.6 is 0 Å². The van der Waals surface area contributed by atoms with Gasteiger partial charge in [0, 0.05) is 5.56 Å². The molecule has 0 saturated heterocycles. The Balaban J connectivity index is 1.91. The predicted octanol–water partition coefficient (Wildman–Crippen LogP) is 4.23. The van der Waals surface area contributed by atoms with E-state index in [1.165, 1.54) is 12.0 Å². The van der Waals surface area contributed by atoms with Gasteiger partial charge in [0.1, 0.15) is 23.9 Å². The second-order valence-corrected chi connectivity index (χ2v) is 5.26. The van der Waals surface area contributed by atoms with Gasteiger partial charge in [0.15, 0.2) is 0 Å². The van der Waals surface area contributed by atoms with E-state index in [1.807, 2.05) is 19.1 Å². The number of rotatable bonds is 8. The van der Waals surface area contributed by atoms with Crippen LogP contribution in [0.2, 0.25) is 0 Å². The molecule has 0 atom stereocenters. The van der Waals surface area contributed by atoms with Gasteiger partial charge in [-0.1, -0.05) is 32.4 Å². The third-order valence-corrected chi connectivity index (χ3v) is 3.48. The minimum atomic E-state index is 0.550. The summed E-state index contributed by atoms with van der Waals surface area (Å²) in [7, 11) is 0. The van der Waals surface area contributed by atoms with Crippen molar-refractivity contribution in [1.82, 2.24) is 5.32 Å².